The molecule has 2 fully saturated rings. The third-order valence-electron chi connectivity index (χ3n) is 7.63. The van der Waals surface area contributed by atoms with Crippen LogP contribution in [-0.4, -0.2) is 115 Å². The molecule has 0 aliphatic carbocycles. The molecule has 8 N–H and O–H groups in total. The topological polar surface area (TPSA) is 246 Å². The number of aliphatic hydroxyl groups excluding tert-OH is 6. The van der Waals surface area contributed by atoms with E-state index in [-0.39, 0.29) is 16.7 Å². The van der Waals surface area contributed by atoms with Crippen LogP contribution in [0.4, 0.5) is 0 Å². The number of carbonyl (C=O) groups is 1. The van der Waals surface area contributed by atoms with Crippen LogP contribution < -0.4 is 14.9 Å². The largest absolute Gasteiger partial charge is 0.507 e. The Kier molecular flexibility index (Phi) is 8.10. The summed E-state index contributed by atoms with van der Waals surface area (Å²) >= 11 is 0. The maximum Gasteiger partial charge on any atom is 0.335 e. The Hall–Kier alpha value is -3.80. The van der Waals surface area contributed by atoms with Gasteiger partial charge in [0.2, 0.25) is 0 Å². The fourth-order valence-electron chi connectivity index (χ4n) is 5.28. The van der Waals surface area contributed by atoms with Crippen molar-refractivity contribution in [3.63, 3.8) is 0 Å². The van der Waals surface area contributed by atoms with E-state index in [4.69, 9.17) is 23.4 Å². The number of fused-ring (bicyclic) bond motifs is 1. The van der Waals surface area contributed by atoms with Crippen LogP contribution in [0.3, 0.4) is 0 Å². The van der Waals surface area contributed by atoms with Gasteiger partial charge in [0.15, 0.2) is 23.7 Å². The van der Waals surface area contributed by atoms with Gasteiger partial charge in [-0.25, -0.2) is 4.79 Å². The SMILES string of the molecule is COc1ccc(-c2cc(=O)c3c(O)cc(O[C@@]4([C@@H]5O[C@@H](C)[C@H](O)[C@@H](O)[C@@H]5O)O[C@@H](C(=O)O)[C@@H](O)[C@H](O)[C@@H]4O)cc3o2)cc1. The number of aromatic hydroxyl groups is 1. The van der Waals surface area contributed by atoms with Gasteiger partial charge >= 0.3 is 5.97 Å². The van der Waals surface area contributed by atoms with Crippen LogP contribution in [0.15, 0.2) is 51.7 Å². The van der Waals surface area contributed by atoms with Crippen molar-refractivity contribution in [2.75, 3.05) is 7.11 Å². The lowest BCUT2D eigenvalue weighted by Crippen LogP contribution is -2.77. The van der Waals surface area contributed by atoms with Crippen LogP contribution in [0.1, 0.15) is 6.92 Å². The van der Waals surface area contributed by atoms with Gasteiger partial charge in [-0.3, -0.25) is 4.79 Å². The van der Waals surface area contributed by atoms with E-state index in [0.717, 1.165) is 18.2 Å². The first-order chi connectivity index (χ1) is 20.3. The summed E-state index contributed by atoms with van der Waals surface area (Å²) in [5.41, 5.74) is -0.394. The highest BCUT2D eigenvalue weighted by molar-refractivity contribution is 5.86. The number of ether oxygens (including phenoxy) is 4. The predicted octanol–water partition coefficient (Wildman–Crippen LogP) is -1.31. The first-order valence-corrected chi connectivity index (χ1v) is 13.1. The van der Waals surface area contributed by atoms with Crippen LogP contribution >= 0.6 is 0 Å². The van der Waals surface area contributed by atoms with Crippen LogP contribution in [0, 0.1) is 0 Å². The van der Waals surface area contributed by atoms with Crippen molar-refractivity contribution in [1.29, 1.82) is 0 Å². The number of carboxylic acids is 1. The number of aliphatic carboxylic acids is 1. The summed E-state index contributed by atoms with van der Waals surface area (Å²) in [5, 5.41) is 83.8. The molecule has 15 heteroatoms. The van der Waals surface area contributed by atoms with Crippen molar-refractivity contribution in [3.05, 3.63) is 52.7 Å². The molecule has 10 atom stereocenters. The van der Waals surface area contributed by atoms with Gasteiger partial charge in [-0.15, -0.1) is 0 Å². The molecule has 0 radical (unpaired) electrons. The van der Waals surface area contributed by atoms with Crippen LogP contribution in [0.25, 0.3) is 22.3 Å². The van der Waals surface area contributed by atoms with Gasteiger partial charge in [-0.2, -0.15) is 0 Å². The van der Waals surface area contributed by atoms with Crippen LogP contribution in [0.5, 0.6) is 17.2 Å². The average molecular weight is 607 g/mol. The first-order valence-electron chi connectivity index (χ1n) is 13.1. The summed E-state index contributed by atoms with van der Waals surface area (Å²) in [7, 11) is 1.48. The van der Waals surface area contributed by atoms with Crippen molar-refractivity contribution in [3.8, 4) is 28.6 Å². The molecule has 2 saturated heterocycles. The van der Waals surface area contributed by atoms with Gasteiger partial charge in [0.1, 0.15) is 64.5 Å². The van der Waals surface area contributed by atoms with Crippen molar-refractivity contribution in [2.24, 2.45) is 0 Å². The minimum atomic E-state index is -2.88. The quantitative estimate of drug-likeness (QED) is 0.162. The highest BCUT2D eigenvalue weighted by Crippen LogP contribution is 2.42. The number of aliphatic hydroxyl groups is 6. The maximum absolute atomic E-state index is 12.9. The molecule has 3 aromatic rings. The van der Waals surface area contributed by atoms with Crippen molar-refractivity contribution in [1.82, 2.24) is 0 Å². The number of benzene rings is 2. The predicted molar refractivity (Wildman–Crippen MR) is 142 cm³/mol. The van der Waals surface area contributed by atoms with Gasteiger partial charge in [0.25, 0.3) is 5.79 Å². The first kappa shape index (κ1) is 30.7. The van der Waals surface area contributed by atoms with Crippen molar-refractivity contribution in [2.45, 2.75) is 67.6 Å². The summed E-state index contributed by atoms with van der Waals surface area (Å²) in [6, 6.07) is 9.64. The molecule has 0 saturated carbocycles. The molecule has 0 bridgehead atoms. The molecule has 2 aliphatic heterocycles. The number of methoxy groups -OCH3 is 1. The Labute approximate surface area is 242 Å². The zero-order chi connectivity index (χ0) is 31.4. The molecule has 0 amide bonds. The number of phenolic OH excluding ortho intramolecular Hbond substituents is 1. The minimum Gasteiger partial charge on any atom is -0.507 e. The lowest BCUT2D eigenvalue weighted by molar-refractivity contribution is -0.388. The highest BCUT2D eigenvalue weighted by Gasteiger charge is 2.66. The van der Waals surface area contributed by atoms with E-state index in [9.17, 15) is 50.4 Å². The fourth-order valence-corrected chi connectivity index (χ4v) is 5.28. The molecular formula is C28H30O15. The van der Waals surface area contributed by atoms with Gasteiger partial charge in [0.05, 0.1) is 13.2 Å². The lowest BCUT2D eigenvalue weighted by atomic mass is 9.83. The van der Waals surface area contributed by atoms with Crippen molar-refractivity contribution >= 4 is 16.9 Å². The van der Waals surface area contributed by atoms with Crippen LogP contribution in [0.2, 0.25) is 0 Å². The molecule has 15 nitrogen and oxygen atoms in total. The third kappa shape index (κ3) is 5.19. The number of hydrogen-bond donors (Lipinski definition) is 8. The molecule has 5 rings (SSSR count). The second-order valence-electron chi connectivity index (χ2n) is 10.4. The van der Waals surface area contributed by atoms with E-state index >= 15 is 0 Å². The maximum atomic E-state index is 12.9. The zero-order valence-electron chi connectivity index (χ0n) is 22.7. The van der Waals surface area contributed by atoms with E-state index in [2.05, 4.69) is 0 Å². The van der Waals surface area contributed by atoms with Gasteiger partial charge < -0.3 is 64.2 Å². The van der Waals surface area contributed by atoms with Gasteiger partial charge in [0, 0.05) is 23.8 Å². The van der Waals surface area contributed by atoms with E-state index in [1.807, 2.05) is 0 Å². The number of carboxylic acid groups (broad SMARTS) is 1. The average Bonchev–Trinajstić information content (AvgIpc) is 2.97. The molecule has 0 spiro atoms. The van der Waals surface area contributed by atoms with Gasteiger partial charge in [-0.05, 0) is 31.2 Å². The Morgan fingerprint density at radius 3 is 2.19 bits per heavy atom. The zero-order valence-corrected chi connectivity index (χ0v) is 22.7. The van der Waals surface area contributed by atoms with Crippen molar-refractivity contribution < 1.29 is 69.0 Å². The van der Waals surface area contributed by atoms with E-state index in [1.54, 1.807) is 24.3 Å². The fraction of sp³-hybridized carbons (Fsp3) is 0.429. The monoisotopic (exact) mass is 606 g/mol. The second-order valence-corrected chi connectivity index (χ2v) is 10.4. The Bertz CT molecular complexity index is 1550. The Balaban J connectivity index is 1.65. The van der Waals surface area contributed by atoms with E-state index in [1.165, 1.54) is 14.0 Å². The summed E-state index contributed by atoms with van der Waals surface area (Å²) < 4.78 is 28.0. The summed E-state index contributed by atoms with van der Waals surface area (Å²) in [5.74, 6) is -5.14. The Morgan fingerprint density at radius 1 is 0.884 bits per heavy atom. The number of hydrogen-bond acceptors (Lipinski definition) is 14. The number of rotatable bonds is 6. The second kappa shape index (κ2) is 11.4. The van der Waals surface area contributed by atoms with E-state index < -0.39 is 83.6 Å². The summed E-state index contributed by atoms with van der Waals surface area (Å²) in [4.78, 5) is 24.9. The standard InChI is InChI=1S/C28H30O15/c1-10-19(31)20(32)23(35)26(40-10)28(25(36)22(34)21(33)24(43-28)27(37)38)42-13-7-14(29)18-15(30)9-16(41-17(18)8-13)11-3-5-12(39-2)6-4-11/h3-10,19-26,29,31-36H,1-2H3,(H,37,38)/t10-,19-,20+,21-,22-,23-,24+,25-,26+,28+/m0/s1. The number of phenols is 1. The molecule has 2 aliphatic rings. The smallest absolute Gasteiger partial charge is 0.335 e. The molecule has 2 aromatic carbocycles. The summed E-state index contributed by atoms with van der Waals surface area (Å²) in [6.45, 7) is 1.30. The molecule has 1 aromatic heterocycles. The molecule has 0 unspecified atom stereocenters. The molecular weight excluding hydrogens is 576 g/mol. The molecule has 232 valence electrons. The van der Waals surface area contributed by atoms with Crippen LogP contribution in [-0.2, 0) is 14.3 Å². The van der Waals surface area contributed by atoms with E-state index in [0.29, 0.717) is 11.3 Å². The molecule has 3 heterocycles. The highest BCUT2D eigenvalue weighted by atomic mass is 16.8. The normalized spacial score (nSPS) is 34.6. The summed E-state index contributed by atoms with van der Waals surface area (Å²) in [6.07, 6.45) is -17.9. The minimum absolute atomic E-state index is 0.0850. The van der Waals surface area contributed by atoms with Gasteiger partial charge in [-0.1, -0.05) is 0 Å². The lowest BCUT2D eigenvalue weighted by Gasteiger charge is -2.53. The third-order valence-corrected chi connectivity index (χ3v) is 7.63. The Morgan fingerprint density at radius 2 is 1.56 bits per heavy atom. The molecule has 43 heavy (non-hydrogen) atoms.